The zero-order chi connectivity index (χ0) is 36.4. The Morgan fingerprint density at radius 1 is 0.583 bits per heavy atom. The highest BCUT2D eigenvalue weighted by Crippen LogP contribution is 2.51. The molecule has 18 nitrogen and oxygen atoms in total. The first-order valence-electron chi connectivity index (χ1n) is 16.4. The summed E-state index contributed by atoms with van der Waals surface area (Å²) >= 11 is 0. The van der Waals surface area contributed by atoms with E-state index in [-0.39, 0.29) is 6.42 Å². The molecule has 0 heterocycles. The fraction of sp³-hybridized carbons (Fsp3) is 0.963. The first-order chi connectivity index (χ1) is 22.4. The number of carbonyl (C=O) groups is 1. The van der Waals surface area contributed by atoms with Crippen molar-refractivity contribution in [3.63, 3.8) is 0 Å². The highest BCUT2D eigenvalue weighted by atomic mass is 31.2. The topological polar surface area (TPSA) is 296 Å². The van der Waals surface area contributed by atoms with Crippen molar-refractivity contribution in [2.45, 2.75) is 152 Å². The Hall–Kier alpha value is -0.360. The average molecular weight is 761 g/mol. The van der Waals surface area contributed by atoms with Gasteiger partial charge < -0.3 is 49.6 Å². The number of carbonyl (C=O) groups excluding carboxylic acids is 1. The minimum absolute atomic E-state index is 0.109. The predicted octanol–water partition coefficient (Wildman–Crippen LogP) is 2.71. The van der Waals surface area contributed by atoms with Crippen LogP contribution in [0.1, 0.15) is 110 Å². The van der Waals surface area contributed by atoms with Gasteiger partial charge in [-0.3, -0.25) is 22.9 Å². The number of ether oxygens (including phenoxy) is 1. The molecule has 1 aliphatic rings. The largest absolute Gasteiger partial charge is 0.472 e. The number of hydrogen-bond acceptors (Lipinski definition) is 13. The Balaban J connectivity index is 2.34. The third kappa shape index (κ3) is 20.5. The smallest absolute Gasteiger partial charge is 0.463 e. The second kappa shape index (κ2) is 23.3. The van der Waals surface area contributed by atoms with Crippen molar-refractivity contribution in [1.82, 2.24) is 0 Å². The molecule has 0 radical (unpaired) electrons. The molecule has 8 atom stereocenters. The van der Waals surface area contributed by atoms with E-state index in [1.54, 1.807) is 0 Å². The van der Waals surface area contributed by atoms with Gasteiger partial charge in [-0.15, -0.1) is 0 Å². The van der Waals surface area contributed by atoms with Gasteiger partial charge in [0.2, 0.25) is 0 Å². The van der Waals surface area contributed by atoms with Crippen LogP contribution in [0.5, 0.6) is 0 Å². The van der Waals surface area contributed by atoms with E-state index in [1.807, 2.05) is 0 Å². The maximum atomic E-state index is 12.4. The maximum absolute atomic E-state index is 12.4. The molecule has 48 heavy (non-hydrogen) atoms. The first-order valence-corrected chi connectivity index (χ1v) is 20.9. The van der Waals surface area contributed by atoms with Gasteiger partial charge in [-0.2, -0.15) is 0 Å². The Labute approximate surface area is 281 Å². The molecule has 0 amide bonds. The summed E-state index contributed by atoms with van der Waals surface area (Å²) in [6.45, 7) is 0.661. The first kappa shape index (κ1) is 45.7. The Bertz CT molecular complexity index is 1040. The summed E-state index contributed by atoms with van der Waals surface area (Å²) in [4.78, 5) is 58.3. The van der Waals surface area contributed by atoms with Gasteiger partial charge in [0.25, 0.3) is 0 Å². The van der Waals surface area contributed by atoms with Crippen LogP contribution in [0, 0.1) is 0 Å². The molecule has 0 aromatic rings. The van der Waals surface area contributed by atoms with E-state index in [9.17, 15) is 43.8 Å². The number of phosphoric acid groups is 3. The second-order valence-corrected chi connectivity index (χ2v) is 15.8. The third-order valence-corrected chi connectivity index (χ3v) is 9.67. The summed E-state index contributed by atoms with van der Waals surface area (Å²) in [6.07, 6.45) is 1.33. The van der Waals surface area contributed by atoms with Crippen LogP contribution < -0.4 is 0 Å². The SMILES string of the molecule is CCCCCCCCCCCCCCCCCC(=O)OC[C@@H](O)COP(=O)(O)O[C@@H]1[C@H](O)[C@H](O)[C@@H](OP(=O)(O)O)[C@H](OP(=O)(O)O)[C@H]1O. The molecule has 0 aromatic carbocycles. The Morgan fingerprint density at radius 3 is 1.42 bits per heavy atom. The fourth-order valence-corrected chi connectivity index (χ4v) is 7.27. The van der Waals surface area contributed by atoms with Crippen LogP contribution in [-0.4, -0.2) is 107 Å². The van der Waals surface area contributed by atoms with Crippen LogP contribution in [-0.2, 0) is 41.3 Å². The van der Waals surface area contributed by atoms with Crippen molar-refractivity contribution in [3.05, 3.63) is 0 Å². The molecule has 0 spiro atoms. The monoisotopic (exact) mass is 760 g/mol. The molecule has 1 unspecified atom stereocenters. The normalized spacial score (nSPS) is 25.5. The Kier molecular flexibility index (Phi) is 22.1. The van der Waals surface area contributed by atoms with Crippen LogP contribution in [0.15, 0.2) is 0 Å². The molecule has 0 bridgehead atoms. The van der Waals surface area contributed by atoms with E-state index in [0.717, 1.165) is 25.7 Å². The second-order valence-electron chi connectivity index (χ2n) is 12.0. The summed E-state index contributed by atoms with van der Waals surface area (Å²) in [7, 11) is -16.4. The number of hydrogen-bond donors (Lipinski definition) is 9. The number of phosphoric ester groups is 3. The van der Waals surface area contributed by atoms with Crippen molar-refractivity contribution in [2.24, 2.45) is 0 Å². The summed E-state index contributed by atoms with van der Waals surface area (Å²) < 4.78 is 57.6. The van der Waals surface area contributed by atoms with Crippen molar-refractivity contribution in [2.75, 3.05) is 13.2 Å². The highest BCUT2D eigenvalue weighted by molar-refractivity contribution is 7.47. The lowest BCUT2D eigenvalue weighted by atomic mass is 9.85. The lowest BCUT2D eigenvalue weighted by Crippen LogP contribution is -2.65. The van der Waals surface area contributed by atoms with Gasteiger partial charge in [-0.1, -0.05) is 96.8 Å². The molecule has 0 saturated heterocycles. The molecule has 1 fully saturated rings. The van der Waals surface area contributed by atoms with Crippen LogP contribution >= 0.6 is 23.5 Å². The molecular weight excluding hydrogens is 705 g/mol. The molecule has 0 aromatic heterocycles. The van der Waals surface area contributed by atoms with Crippen molar-refractivity contribution >= 4 is 29.4 Å². The molecule has 1 rings (SSSR count). The van der Waals surface area contributed by atoms with E-state index in [2.05, 4.69) is 25.0 Å². The lowest BCUT2D eigenvalue weighted by Gasteiger charge is -2.44. The highest BCUT2D eigenvalue weighted by Gasteiger charge is 2.56. The number of aliphatic hydroxyl groups is 4. The minimum Gasteiger partial charge on any atom is -0.463 e. The summed E-state index contributed by atoms with van der Waals surface area (Å²) in [5.41, 5.74) is 0. The maximum Gasteiger partial charge on any atom is 0.472 e. The van der Waals surface area contributed by atoms with Gasteiger partial charge in [0.15, 0.2) is 0 Å². The summed E-state index contributed by atoms with van der Waals surface area (Å²) in [5.74, 6) is -0.599. The van der Waals surface area contributed by atoms with Gasteiger partial charge in [0.1, 0.15) is 49.3 Å². The summed E-state index contributed by atoms with van der Waals surface area (Å²) in [5, 5.41) is 41.0. The fourth-order valence-electron chi connectivity index (χ4n) is 5.17. The van der Waals surface area contributed by atoms with E-state index in [4.69, 9.17) is 24.3 Å². The van der Waals surface area contributed by atoms with Gasteiger partial charge in [-0.25, -0.2) is 13.7 Å². The van der Waals surface area contributed by atoms with Gasteiger partial charge >= 0.3 is 29.4 Å². The summed E-state index contributed by atoms with van der Waals surface area (Å²) in [6, 6.07) is 0. The molecule has 21 heteroatoms. The number of aliphatic hydroxyl groups excluding tert-OH is 4. The van der Waals surface area contributed by atoms with Crippen LogP contribution in [0.25, 0.3) is 0 Å². The van der Waals surface area contributed by atoms with Gasteiger partial charge in [-0.05, 0) is 6.42 Å². The number of rotatable bonds is 27. The standard InChI is InChI=1S/C27H55O18P3/c1-2-3-4-5-6-7-8-9-10-11-12-13-14-15-16-17-21(29)41-18-20(28)19-42-48(39,40)45-25-22(30)23(31)26(43-46(33,34)35)27(24(25)32)44-47(36,37)38/h20,22-28,30-32H,2-19H2,1H3,(H,39,40)(H2,33,34,35)(H2,36,37,38)/t20-,22-,23+,24+,25-,26-,27-/m1/s1. The van der Waals surface area contributed by atoms with Crippen LogP contribution in [0.3, 0.4) is 0 Å². The average Bonchev–Trinajstić information content (AvgIpc) is 2.98. The lowest BCUT2D eigenvalue weighted by molar-refractivity contribution is -0.213. The number of unbranched alkanes of at least 4 members (excludes halogenated alkanes) is 14. The zero-order valence-electron chi connectivity index (χ0n) is 27.3. The van der Waals surface area contributed by atoms with E-state index < -0.39 is 85.4 Å². The van der Waals surface area contributed by atoms with Crippen molar-refractivity contribution in [3.8, 4) is 0 Å². The minimum atomic E-state index is -5.54. The van der Waals surface area contributed by atoms with E-state index in [0.29, 0.717) is 6.42 Å². The number of esters is 1. The molecule has 9 N–H and O–H groups in total. The van der Waals surface area contributed by atoms with Crippen LogP contribution in [0.4, 0.5) is 0 Å². The molecule has 1 aliphatic carbocycles. The predicted molar refractivity (Wildman–Crippen MR) is 169 cm³/mol. The quantitative estimate of drug-likeness (QED) is 0.0330. The Morgan fingerprint density at radius 2 is 0.979 bits per heavy atom. The van der Waals surface area contributed by atoms with E-state index >= 15 is 0 Å². The molecule has 1 saturated carbocycles. The van der Waals surface area contributed by atoms with Gasteiger partial charge in [0.05, 0.1) is 6.61 Å². The third-order valence-electron chi connectivity index (χ3n) is 7.64. The van der Waals surface area contributed by atoms with Crippen molar-refractivity contribution < 1.29 is 86.2 Å². The molecule has 286 valence electrons. The van der Waals surface area contributed by atoms with Gasteiger partial charge in [0, 0.05) is 6.42 Å². The van der Waals surface area contributed by atoms with E-state index in [1.165, 1.54) is 64.2 Å². The van der Waals surface area contributed by atoms with Crippen LogP contribution in [0.2, 0.25) is 0 Å². The molecular formula is C27H55O18P3. The van der Waals surface area contributed by atoms with Crippen molar-refractivity contribution in [1.29, 1.82) is 0 Å². The molecule has 0 aliphatic heterocycles. The zero-order valence-corrected chi connectivity index (χ0v) is 30.0.